The van der Waals surface area contributed by atoms with Crippen molar-refractivity contribution in [2.24, 2.45) is 11.8 Å². The van der Waals surface area contributed by atoms with Crippen LogP contribution in [0.1, 0.15) is 65.2 Å². The van der Waals surface area contributed by atoms with Gasteiger partial charge in [-0.05, 0) is 24.7 Å². The van der Waals surface area contributed by atoms with Gasteiger partial charge >= 0.3 is 0 Å². The Morgan fingerprint density at radius 1 is 0.812 bits per heavy atom. The number of hydrogen-bond donors (Lipinski definition) is 0. The van der Waals surface area contributed by atoms with Crippen LogP contribution in [0.3, 0.4) is 0 Å². The third kappa shape index (κ3) is 3.23. The second kappa shape index (κ2) is 6.05. The van der Waals surface area contributed by atoms with E-state index in [0.717, 1.165) is 17.9 Å². The van der Waals surface area contributed by atoms with E-state index in [1.807, 2.05) is 0 Å². The Labute approximate surface area is 102 Å². The lowest BCUT2D eigenvalue weighted by Gasteiger charge is -2.46. The van der Waals surface area contributed by atoms with Crippen LogP contribution >= 0.6 is 0 Å². The average molecular weight is 223 g/mol. The summed E-state index contributed by atoms with van der Waals surface area (Å²) in [5, 5.41) is 0. The second-order valence-electron chi connectivity index (χ2n) is 6.31. The van der Waals surface area contributed by atoms with Crippen molar-refractivity contribution in [3.05, 3.63) is 0 Å². The summed E-state index contributed by atoms with van der Waals surface area (Å²) < 4.78 is 0. The van der Waals surface area contributed by atoms with Crippen LogP contribution in [0.2, 0.25) is 0 Å². The molecule has 0 radical (unpaired) electrons. The topological polar surface area (TPSA) is 3.24 Å². The average Bonchev–Trinajstić information content (AvgIpc) is 2.28. The molecule has 1 aliphatic carbocycles. The van der Waals surface area contributed by atoms with Crippen LogP contribution in [0.5, 0.6) is 0 Å². The molecule has 0 amide bonds. The first-order valence-electron chi connectivity index (χ1n) is 7.51. The highest BCUT2D eigenvalue weighted by Gasteiger charge is 2.33. The SMILES string of the molecule is CC(C)C1CN(C2CCCCCCCC2)C1. The Morgan fingerprint density at radius 2 is 1.31 bits per heavy atom. The summed E-state index contributed by atoms with van der Waals surface area (Å²) in [6.07, 6.45) is 11.9. The minimum Gasteiger partial charge on any atom is -0.300 e. The van der Waals surface area contributed by atoms with Crippen LogP contribution in [0, 0.1) is 11.8 Å². The zero-order valence-corrected chi connectivity index (χ0v) is 11.3. The Morgan fingerprint density at radius 3 is 1.81 bits per heavy atom. The highest BCUT2D eigenvalue weighted by atomic mass is 15.2. The van der Waals surface area contributed by atoms with Crippen molar-refractivity contribution in [3.8, 4) is 0 Å². The summed E-state index contributed by atoms with van der Waals surface area (Å²) in [6.45, 7) is 7.54. The molecule has 1 saturated heterocycles. The van der Waals surface area contributed by atoms with E-state index in [1.54, 1.807) is 0 Å². The van der Waals surface area contributed by atoms with E-state index in [9.17, 15) is 0 Å². The Hall–Kier alpha value is -0.0400. The van der Waals surface area contributed by atoms with Crippen LogP contribution in [-0.4, -0.2) is 24.0 Å². The molecule has 0 aromatic carbocycles. The fraction of sp³-hybridized carbons (Fsp3) is 1.00. The third-order valence-electron chi connectivity index (χ3n) is 4.72. The van der Waals surface area contributed by atoms with Crippen molar-refractivity contribution in [1.29, 1.82) is 0 Å². The van der Waals surface area contributed by atoms with E-state index in [0.29, 0.717) is 0 Å². The largest absolute Gasteiger partial charge is 0.300 e. The van der Waals surface area contributed by atoms with Gasteiger partial charge in [0.05, 0.1) is 0 Å². The van der Waals surface area contributed by atoms with Crippen LogP contribution in [0.25, 0.3) is 0 Å². The maximum atomic E-state index is 2.77. The van der Waals surface area contributed by atoms with E-state index >= 15 is 0 Å². The molecule has 2 rings (SSSR count). The molecule has 1 aliphatic heterocycles. The molecule has 0 atom stereocenters. The van der Waals surface area contributed by atoms with Gasteiger partial charge in [-0.1, -0.05) is 52.4 Å². The standard InChI is InChI=1S/C15H29N/c1-13(2)14-11-16(12-14)15-9-7-5-3-4-6-8-10-15/h13-15H,3-12H2,1-2H3. The van der Waals surface area contributed by atoms with Gasteiger partial charge in [-0.25, -0.2) is 0 Å². The van der Waals surface area contributed by atoms with Crippen LogP contribution in [0.4, 0.5) is 0 Å². The van der Waals surface area contributed by atoms with Crippen LogP contribution in [-0.2, 0) is 0 Å². The van der Waals surface area contributed by atoms with Gasteiger partial charge in [0.15, 0.2) is 0 Å². The zero-order valence-electron chi connectivity index (χ0n) is 11.3. The molecule has 0 unspecified atom stereocenters. The molecule has 1 heteroatoms. The summed E-state index contributed by atoms with van der Waals surface area (Å²) in [4.78, 5) is 2.77. The monoisotopic (exact) mass is 223 g/mol. The molecule has 1 heterocycles. The predicted molar refractivity (Wildman–Crippen MR) is 70.6 cm³/mol. The highest BCUT2D eigenvalue weighted by Crippen LogP contribution is 2.30. The molecule has 0 spiro atoms. The number of likely N-dealkylation sites (tertiary alicyclic amines) is 1. The molecular weight excluding hydrogens is 194 g/mol. The molecule has 0 bridgehead atoms. The van der Waals surface area contributed by atoms with Crippen molar-refractivity contribution in [2.75, 3.05) is 13.1 Å². The van der Waals surface area contributed by atoms with Gasteiger partial charge in [0, 0.05) is 19.1 Å². The summed E-state index contributed by atoms with van der Waals surface area (Å²) in [5.74, 6) is 1.89. The summed E-state index contributed by atoms with van der Waals surface area (Å²) in [5.41, 5.74) is 0. The minimum absolute atomic E-state index is 0.896. The predicted octanol–water partition coefficient (Wildman–Crippen LogP) is 4.08. The highest BCUT2D eigenvalue weighted by molar-refractivity contribution is 4.87. The minimum atomic E-state index is 0.896. The van der Waals surface area contributed by atoms with E-state index in [4.69, 9.17) is 0 Å². The van der Waals surface area contributed by atoms with E-state index in [2.05, 4.69) is 18.7 Å². The van der Waals surface area contributed by atoms with E-state index in [1.165, 1.54) is 64.5 Å². The van der Waals surface area contributed by atoms with Crippen molar-refractivity contribution < 1.29 is 0 Å². The molecule has 1 nitrogen and oxygen atoms in total. The van der Waals surface area contributed by atoms with Gasteiger partial charge in [-0.2, -0.15) is 0 Å². The van der Waals surface area contributed by atoms with Gasteiger partial charge in [0.1, 0.15) is 0 Å². The number of nitrogens with zero attached hydrogens (tertiary/aromatic N) is 1. The lowest BCUT2D eigenvalue weighted by atomic mass is 9.85. The molecule has 0 N–H and O–H groups in total. The smallest absolute Gasteiger partial charge is 0.00955 e. The normalized spacial score (nSPS) is 27.2. The molecule has 0 aromatic heterocycles. The van der Waals surface area contributed by atoms with Crippen molar-refractivity contribution in [3.63, 3.8) is 0 Å². The Kier molecular flexibility index (Phi) is 4.69. The van der Waals surface area contributed by atoms with E-state index < -0.39 is 0 Å². The van der Waals surface area contributed by atoms with Crippen molar-refractivity contribution in [1.82, 2.24) is 4.90 Å². The lowest BCUT2D eigenvalue weighted by molar-refractivity contribution is 0.0198. The van der Waals surface area contributed by atoms with Gasteiger partial charge in [0.2, 0.25) is 0 Å². The Balaban J connectivity index is 1.75. The van der Waals surface area contributed by atoms with Crippen molar-refractivity contribution in [2.45, 2.75) is 71.3 Å². The molecule has 94 valence electrons. The number of hydrogen-bond acceptors (Lipinski definition) is 1. The molecular formula is C15H29N. The summed E-state index contributed by atoms with van der Waals surface area (Å²) in [6, 6.07) is 0.938. The lowest BCUT2D eigenvalue weighted by Crippen LogP contribution is -2.53. The molecule has 2 fully saturated rings. The van der Waals surface area contributed by atoms with Crippen LogP contribution < -0.4 is 0 Å². The quantitative estimate of drug-likeness (QED) is 0.682. The first-order chi connectivity index (χ1) is 7.77. The first-order valence-corrected chi connectivity index (χ1v) is 7.51. The van der Waals surface area contributed by atoms with E-state index in [-0.39, 0.29) is 0 Å². The van der Waals surface area contributed by atoms with Gasteiger partial charge in [-0.3, -0.25) is 4.90 Å². The first kappa shape index (κ1) is 12.4. The fourth-order valence-corrected chi connectivity index (χ4v) is 3.25. The van der Waals surface area contributed by atoms with Crippen LogP contribution in [0.15, 0.2) is 0 Å². The second-order valence-corrected chi connectivity index (χ2v) is 6.31. The van der Waals surface area contributed by atoms with Gasteiger partial charge < -0.3 is 0 Å². The molecule has 0 aromatic rings. The Bertz CT molecular complexity index is 184. The fourth-order valence-electron chi connectivity index (χ4n) is 3.25. The van der Waals surface area contributed by atoms with Gasteiger partial charge in [0.25, 0.3) is 0 Å². The maximum absolute atomic E-state index is 2.77. The molecule has 2 aliphatic rings. The van der Waals surface area contributed by atoms with Gasteiger partial charge in [-0.15, -0.1) is 0 Å². The van der Waals surface area contributed by atoms with Crippen molar-refractivity contribution >= 4 is 0 Å². The molecule has 1 saturated carbocycles. The zero-order chi connectivity index (χ0) is 11.4. The third-order valence-corrected chi connectivity index (χ3v) is 4.72. The number of rotatable bonds is 2. The maximum Gasteiger partial charge on any atom is 0.00955 e. The summed E-state index contributed by atoms with van der Waals surface area (Å²) >= 11 is 0. The molecule has 16 heavy (non-hydrogen) atoms. The summed E-state index contributed by atoms with van der Waals surface area (Å²) in [7, 11) is 0.